The zero-order valence-corrected chi connectivity index (χ0v) is 18.3. The summed E-state index contributed by atoms with van der Waals surface area (Å²) < 4.78 is 1.85. The van der Waals surface area contributed by atoms with Crippen LogP contribution in [0.1, 0.15) is 52.1 Å². The molecule has 0 fully saturated rings. The zero-order valence-electron chi connectivity index (χ0n) is 18.3. The third-order valence-corrected chi connectivity index (χ3v) is 6.21. The Balaban J connectivity index is 1.63. The van der Waals surface area contributed by atoms with Gasteiger partial charge >= 0.3 is 0 Å². The molecule has 0 bridgehead atoms. The Morgan fingerprint density at radius 1 is 1.03 bits per heavy atom. The molecule has 32 heavy (non-hydrogen) atoms. The number of primary amides is 1. The highest BCUT2D eigenvalue weighted by Gasteiger charge is 2.21. The summed E-state index contributed by atoms with van der Waals surface area (Å²) in [5.41, 5.74) is 12.5. The van der Waals surface area contributed by atoms with Gasteiger partial charge in [0, 0.05) is 29.6 Å². The van der Waals surface area contributed by atoms with Crippen molar-refractivity contribution in [3.8, 4) is 11.4 Å². The van der Waals surface area contributed by atoms with Gasteiger partial charge in [0.2, 0.25) is 0 Å². The Kier molecular flexibility index (Phi) is 5.35. The molecule has 0 atom stereocenters. The van der Waals surface area contributed by atoms with Crippen LogP contribution in [0.2, 0.25) is 0 Å². The van der Waals surface area contributed by atoms with Gasteiger partial charge in [0.1, 0.15) is 11.5 Å². The molecule has 4 aromatic rings. The van der Waals surface area contributed by atoms with Crippen molar-refractivity contribution in [2.24, 2.45) is 5.73 Å². The van der Waals surface area contributed by atoms with Crippen LogP contribution in [0.4, 0.5) is 5.82 Å². The highest BCUT2D eigenvalue weighted by molar-refractivity contribution is 5.93. The van der Waals surface area contributed by atoms with Crippen LogP contribution in [0.25, 0.3) is 16.9 Å². The number of aryl methyl sites for hydroxylation is 2. The summed E-state index contributed by atoms with van der Waals surface area (Å²) in [6, 6.07) is 15.9. The highest BCUT2D eigenvalue weighted by Crippen LogP contribution is 2.33. The van der Waals surface area contributed by atoms with E-state index in [1.807, 2.05) is 35.7 Å². The molecule has 1 amide bonds. The Morgan fingerprint density at radius 3 is 2.66 bits per heavy atom. The van der Waals surface area contributed by atoms with Crippen molar-refractivity contribution in [1.82, 2.24) is 14.4 Å². The van der Waals surface area contributed by atoms with E-state index in [1.165, 1.54) is 17.5 Å². The fourth-order valence-electron chi connectivity index (χ4n) is 4.63. The average Bonchev–Trinajstić information content (AvgIpc) is 2.96. The first-order valence-electron chi connectivity index (χ1n) is 11.2. The number of nitrogens with zero attached hydrogens (tertiary/aromatic N) is 3. The summed E-state index contributed by atoms with van der Waals surface area (Å²) in [4.78, 5) is 22.0. The van der Waals surface area contributed by atoms with Gasteiger partial charge in [-0.3, -0.25) is 4.79 Å². The van der Waals surface area contributed by atoms with E-state index in [-0.39, 0.29) is 0 Å². The van der Waals surface area contributed by atoms with E-state index in [0.717, 1.165) is 53.8 Å². The van der Waals surface area contributed by atoms with Gasteiger partial charge in [-0.15, -0.1) is 0 Å². The molecule has 0 spiro atoms. The largest absolute Gasteiger partial charge is 0.366 e. The van der Waals surface area contributed by atoms with Gasteiger partial charge in [0.05, 0.1) is 5.52 Å². The van der Waals surface area contributed by atoms with Crippen molar-refractivity contribution in [3.63, 3.8) is 0 Å². The van der Waals surface area contributed by atoms with Crippen LogP contribution in [0.15, 0.2) is 54.7 Å². The van der Waals surface area contributed by atoms with Crippen LogP contribution in [-0.2, 0) is 19.4 Å². The summed E-state index contributed by atoms with van der Waals surface area (Å²) in [5.74, 6) is 1.16. The van der Waals surface area contributed by atoms with Crippen molar-refractivity contribution in [2.45, 2.75) is 45.6 Å². The Bertz CT molecular complexity index is 1290. The van der Waals surface area contributed by atoms with E-state index in [1.54, 1.807) is 6.07 Å². The lowest BCUT2D eigenvalue weighted by molar-refractivity contribution is 0.0994. The first-order chi connectivity index (χ1) is 15.6. The van der Waals surface area contributed by atoms with E-state index >= 15 is 0 Å². The van der Waals surface area contributed by atoms with Gasteiger partial charge in [0.15, 0.2) is 5.82 Å². The zero-order chi connectivity index (χ0) is 22.1. The second kappa shape index (κ2) is 8.46. The van der Waals surface area contributed by atoms with Crippen LogP contribution in [0, 0.1) is 6.92 Å². The number of rotatable bonds is 5. The molecule has 1 aromatic carbocycles. The maximum absolute atomic E-state index is 11.9. The normalized spacial score (nSPS) is 13.5. The molecule has 1 aliphatic rings. The van der Waals surface area contributed by atoms with Gasteiger partial charge in [-0.05, 0) is 55.9 Å². The molecule has 6 heteroatoms. The number of hydrogen-bond donors (Lipinski definition) is 2. The van der Waals surface area contributed by atoms with Crippen molar-refractivity contribution in [2.75, 3.05) is 5.32 Å². The lowest BCUT2D eigenvalue weighted by Gasteiger charge is -2.15. The molecule has 3 heterocycles. The maximum Gasteiger partial charge on any atom is 0.265 e. The SMILES string of the molecule is Cc1cn2c(C(N)=O)cccc2c1-c1nc2c(c(NCc3ccccc3)n1)CCCCC2. The van der Waals surface area contributed by atoms with E-state index < -0.39 is 5.91 Å². The number of aromatic nitrogens is 3. The molecule has 1 aliphatic carbocycles. The van der Waals surface area contributed by atoms with Gasteiger partial charge < -0.3 is 15.5 Å². The summed E-state index contributed by atoms with van der Waals surface area (Å²) in [6.45, 7) is 2.74. The van der Waals surface area contributed by atoms with Gasteiger partial charge in [0.25, 0.3) is 5.91 Å². The monoisotopic (exact) mass is 425 g/mol. The third kappa shape index (κ3) is 3.73. The minimum atomic E-state index is -0.454. The molecular weight excluding hydrogens is 398 g/mol. The Labute approximate surface area is 187 Å². The minimum Gasteiger partial charge on any atom is -0.366 e. The number of amides is 1. The number of anilines is 1. The second-order valence-electron chi connectivity index (χ2n) is 8.44. The van der Waals surface area contributed by atoms with E-state index in [0.29, 0.717) is 18.1 Å². The number of benzene rings is 1. The topological polar surface area (TPSA) is 85.3 Å². The van der Waals surface area contributed by atoms with E-state index in [4.69, 9.17) is 15.7 Å². The molecule has 162 valence electrons. The summed E-state index contributed by atoms with van der Waals surface area (Å²) in [7, 11) is 0. The maximum atomic E-state index is 11.9. The number of nitrogens with one attached hydrogen (secondary N) is 1. The van der Waals surface area contributed by atoms with Gasteiger partial charge in [-0.2, -0.15) is 0 Å². The van der Waals surface area contributed by atoms with Crippen molar-refractivity contribution < 1.29 is 4.79 Å². The Hall–Kier alpha value is -3.67. The van der Waals surface area contributed by atoms with Crippen molar-refractivity contribution in [3.05, 3.63) is 82.8 Å². The average molecular weight is 426 g/mol. The second-order valence-corrected chi connectivity index (χ2v) is 8.44. The van der Waals surface area contributed by atoms with Gasteiger partial charge in [-0.25, -0.2) is 9.97 Å². The van der Waals surface area contributed by atoms with Crippen LogP contribution in [-0.4, -0.2) is 20.3 Å². The molecule has 5 rings (SSSR count). The molecule has 0 aliphatic heterocycles. The summed E-state index contributed by atoms with van der Waals surface area (Å²) in [6.07, 6.45) is 7.40. The number of nitrogens with two attached hydrogens (primary N) is 1. The molecule has 0 radical (unpaired) electrons. The smallest absolute Gasteiger partial charge is 0.265 e. The number of pyridine rings is 1. The predicted molar refractivity (Wildman–Crippen MR) is 127 cm³/mol. The van der Waals surface area contributed by atoms with Crippen LogP contribution in [0.3, 0.4) is 0 Å². The van der Waals surface area contributed by atoms with Gasteiger partial charge in [-0.1, -0.05) is 42.8 Å². The molecule has 0 saturated heterocycles. The minimum absolute atomic E-state index is 0.453. The first-order valence-corrected chi connectivity index (χ1v) is 11.2. The van der Waals surface area contributed by atoms with Crippen molar-refractivity contribution in [1.29, 1.82) is 0 Å². The van der Waals surface area contributed by atoms with E-state index in [2.05, 4.69) is 29.6 Å². The molecular formula is C26H27N5O. The molecule has 0 unspecified atom stereocenters. The molecule has 0 saturated carbocycles. The summed E-state index contributed by atoms with van der Waals surface area (Å²) >= 11 is 0. The van der Waals surface area contributed by atoms with Crippen LogP contribution < -0.4 is 11.1 Å². The van der Waals surface area contributed by atoms with Crippen LogP contribution >= 0.6 is 0 Å². The number of carbonyl (C=O) groups is 1. The molecule has 6 nitrogen and oxygen atoms in total. The predicted octanol–water partition coefficient (Wildman–Crippen LogP) is 4.68. The quantitative estimate of drug-likeness (QED) is 0.455. The van der Waals surface area contributed by atoms with Crippen molar-refractivity contribution >= 4 is 17.2 Å². The fraction of sp³-hybridized carbons (Fsp3) is 0.269. The highest BCUT2D eigenvalue weighted by atomic mass is 16.1. The Morgan fingerprint density at radius 2 is 1.84 bits per heavy atom. The third-order valence-electron chi connectivity index (χ3n) is 6.21. The number of carbonyl (C=O) groups excluding carboxylic acids is 1. The fourth-order valence-corrected chi connectivity index (χ4v) is 4.63. The lowest BCUT2D eigenvalue weighted by atomic mass is 10.1. The molecule has 3 aromatic heterocycles. The number of hydrogen-bond acceptors (Lipinski definition) is 4. The first kappa shape index (κ1) is 20.2. The van der Waals surface area contributed by atoms with E-state index in [9.17, 15) is 4.79 Å². The lowest BCUT2D eigenvalue weighted by Crippen LogP contribution is -2.15. The number of fused-ring (bicyclic) bond motifs is 2. The molecule has 3 N–H and O–H groups in total. The van der Waals surface area contributed by atoms with Crippen LogP contribution in [0.5, 0.6) is 0 Å². The standard InChI is InChI=1S/C26H27N5O/c1-17-16-31-21(13-8-14-22(31)24(27)32)23(17)26-29-20-12-7-3-6-11-19(20)25(30-26)28-15-18-9-4-2-5-10-18/h2,4-5,8-10,13-14,16H,3,6-7,11-12,15H2,1H3,(H2,27,32)(H,28,29,30). The summed E-state index contributed by atoms with van der Waals surface area (Å²) in [5, 5.41) is 3.58.